The topological polar surface area (TPSA) is 84.5 Å². The number of aromatic nitrogens is 2. The number of sulfonamides is 1. The minimum atomic E-state index is -3.51. The van der Waals surface area contributed by atoms with Crippen molar-refractivity contribution in [3.8, 4) is 11.6 Å². The third-order valence-electron chi connectivity index (χ3n) is 5.48. The normalized spacial score (nSPS) is 16.3. The lowest BCUT2D eigenvalue weighted by Crippen LogP contribution is -2.37. The molecule has 2 aromatic heterocycles. The minimum absolute atomic E-state index is 0.0484. The Hall–Kier alpha value is -2.58. The van der Waals surface area contributed by atoms with E-state index in [4.69, 9.17) is 9.47 Å². The lowest BCUT2D eigenvalue weighted by molar-refractivity contribution is 0.242. The number of ether oxygens (including phenoxy) is 2. The highest BCUT2D eigenvalue weighted by atomic mass is 32.2. The van der Waals surface area contributed by atoms with Gasteiger partial charge in [0.2, 0.25) is 15.9 Å². The van der Waals surface area contributed by atoms with Crippen molar-refractivity contribution in [3.05, 3.63) is 48.2 Å². The number of piperidine rings is 1. The molecule has 4 rings (SSSR count). The van der Waals surface area contributed by atoms with E-state index in [2.05, 4.69) is 9.97 Å². The first-order valence-corrected chi connectivity index (χ1v) is 11.6. The Kier molecular flexibility index (Phi) is 5.71. The van der Waals surface area contributed by atoms with Gasteiger partial charge in [-0.3, -0.25) is 0 Å². The van der Waals surface area contributed by atoms with Crippen LogP contribution in [0.5, 0.6) is 11.6 Å². The van der Waals surface area contributed by atoms with Gasteiger partial charge in [-0.2, -0.15) is 9.29 Å². The first-order valence-electron chi connectivity index (χ1n) is 10.2. The maximum absolute atomic E-state index is 13.1. The van der Waals surface area contributed by atoms with E-state index < -0.39 is 10.0 Å². The van der Waals surface area contributed by atoms with Crippen LogP contribution >= 0.6 is 0 Å². The first-order chi connectivity index (χ1) is 14.4. The molecule has 160 valence electrons. The molecule has 1 saturated heterocycles. The molecule has 1 N–H and O–H groups in total. The second kappa shape index (κ2) is 8.28. The third-order valence-corrected chi connectivity index (χ3v) is 7.39. The molecule has 0 bridgehead atoms. The predicted molar refractivity (Wildman–Crippen MR) is 116 cm³/mol. The fourth-order valence-electron chi connectivity index (χ4n) is 3.98. The molecular weight excluding hydrogens is 402 g/mol. The van der Waals surface area contributed by atoms with E-state index in [-0.39, 0.29) is 6.10 Å². The molecule has 1 fully saturated rings. The van der Waals surface area contributed by atoms with E-state index in [1.165, 1.54) is 5.56 Å². The Bertz CT molecular complexity index is 1110. The van der Waals surface area contributed by atoms with Crippen LogP contribution in [0.15, 0.2) is 47.5 Å². The summed E-state index contributed by atoms with van der Waals surface area (Å²) >= 11 is 0. The maximum atomic E-state index is 13.1. The first kappa shape index (κ1) is 20.7. The van der Waals surface area contributed by atoms with Crippen LogP contribution in [-0.2, 0) is 10.0 Å². The van der Waals surface area contributed by atoms with E-state index >= 15 is 0 Å². The lowest BCUT2D eigenvalue weighted by atomic mass is 9.90. The number of aromatic amines is 1. The molecule has 1 aromatic carbocycles. The molecule has 30 heavy (non-hydrogen) atoms. The van der Waals surface area contributed by atoms with Crippen LogP contribution in [-0.4, -0.2) is 49.0 Å². The molecule has 3 aromatic rings. The molecule has 3 heterocycles. The SMILES string of the molecule is COc1ccc2c(C3CCN(S(=O)(=O)c4ccc(OC(C)C)cc4)CC3)c[nH]c2n1. The van der Waals surface area contributed by atoms with Crippen molar-refractivity contribution in [2.24, 2.45) is 0 Å². The number of benzene rings is 1. The van der Waals surface area contributed by atoms with Crippen LogP contribution < -0.4 is 9.47 Å². The van der Waals surface area contributed by atoms with Gasteiger partial charge >= 0.3 is 0 Å². The van der Waals surface area contributed by atoms with Crippen LogP contribution in [0.2, 0.25) is 0 Å². The average molecular weight is 430 g/mol. The number of methoxy groups -OCH3 is 1. The maximum Gasteiger partial charge on any atom is 0.243 e. The monoisotopic (exact) mass is 429 g/mol. The molecule has 1 aliphatic heterocycles. The summed E-state index contributed by atoms with van der Waals surface area (Å²) in [6.45, 7) is 4.87. The predicted octanol–water partition coefficient (Wildman–Crippen LogP) is 3.93. The molecular formula is C22H27N3O4S. The average Bonchev–Trinajstić information content (AvgIpc) is 3.17. The molecule has 0 amide bonds. The largest absolute Gasteiger partial charge is 0.491 e. The van der Waals surface area contributed by atoms with Crippen LogP contribution in [0.4, 0.5) is 0 Å². The number of rotatable bonds is 6. The fraction of sp³-hybridized carbons (Fsp3) is 0.409. The summed E-state index contributed by atoms with van der Waals surface area (Å²) in [7, 11) is -1.91. The Morgan fingerprint density at radius 1 is 1.10 bits per heavy atom. The second-order valence-corrected chi connectivity index (χ2v) is 9.75. The molecule has 0 unspecified atom stereocenters. The van der Waals surface area contributed by atoms with E-state index in [9.17, 15) is 8.42 Å². The van der Waals surface area contributed by atoms with Crippen molar-refractivity contribution in [1.29, 1.82) is 0 Å². The molecule has 7 nitrogen and oxygen atoms in total. The Morgan fingerprint density at radius 3 is 2.43 bits per heavy atom. The van der Waals surface area contributed by atoms with Crippen LogP contribution in [0, 0.1) is 0 Å². The summed E-state index contributed by atoms with van der Waals surface area (Å²) in [6.07, 6.45) is 3.58. The molecule has 0 saturated carbocycles. The van der Waals surface area contributed by atoms with Gasteiger partial charge in [0.15, 0.2) is 0 Å². The van der Waals surface area contributed by atoms with E-state index in [1.54, 1.807) is 35.7 Å². The molecule has 0 spiro atoms. The minimum Gasteiger partial charge on any atom is -0.491 e. The van der Waals surface area contributed by atoms with Gasteiger partial charge in [0, 0.05) is 30.7 Å². The third kappa shape index (κ3) is 4.02. The van der Waals surface area contributed by atoms with Gasteiger partial charge in [-0.1, -0.05) is 0 Å². The summed E-state index contributed by atoms with van der Waals surface area (Å²) in [5.74, 6) is 1.54. The number of nitrogens with one attached hydrogen (secondary N) is 1. The summed E-state index contributed by atoms with van der Waals surface area (Å²) in [6, 6.07) is 10.5. The second-order valence-electron chi connectivity index (χ2n) is 7.81. The zero-order valence-electron chi connectivity index (χ0n) is 17.5. The van der Waals surface area contributed by atoms with Crippen molar-refractivity contribution >= 4 is 21.1 Å². The zero-order chi connectivity index (χ0) is 21.3. The smallest absolute Gasteiger partial charge is 0.243 e. The molecule has 0 atom stereocenters. The standard InChI is InChI=1S/C22H27N3O4S/c1-15(2)29-17-4-6-18(7-5-17)30(26,27)25-12-10-16(11-13-25)20-14-23-22-19(20)8-9-21(24-22)28-3/h4-9,14-16H,10-13H2,1-3H3,(H,23,24). The molecule has 0 aliphatic carbocycles. The Balaban J connectivity index is 1.46. The van der Waals surface area contributed by atoms with Crippen LogP contribution in [0.25, 0.3) is 11.0 Å². The summed E-state index contributed by atoms with van der Waals surface area (Å²) < 4.78 is 38.5. The summed E-state index contributed by atoms with van der Waals surface area (Å²) in [4.78, 5) is 7.95. The number of pyridine rings is 1. The quantitative estimate of drug-likeness (QED) is 0.642. The van der Waals surface area contributed by atoms with Gasteiger partial charge in [-0.15, -0.1) is 0 Å². The Labute approximate surface area is 177 Å². The fourth-order valence-corrected chi connectivity index (χ4v) is 5.45. The number of fused-ring (bicyclic) bond motifs is 1. The van der Waals surface area contributed by atoms with Gasteiger partial charge in [-0.05, 0) is 68.5 Å². The zero-order valence-corrected chi connectivity index (χ0v) is 18.3. The number of hydrogen-bond acceptors (Lipinski definition) is 5. The lowest BCUT2D eigenvalue weighted by Gasteiger charge is -2.31. The van der Waals surface area contributed by atoms with Gasteiger partial charge < -0.3 is 14.5 Å². The van der Waals surface area contributed by atoms with Crippen LogP contribution in [0.3, 0.4) is 0 Å². The van der Waals surface area contributed by atoms with Gasteiger partial charge in [0.1, 0.15) is 11.4 Å². The number of hydrogen-bond donors (Lipinski definition) is 1. The van der Waals surface area contributed by atoms with Crippen LogP contribution in [0.1, 0.15) is 38.2 Å². The number of nitrogens with zero attached hydrogens (tertiary/aromatic N) is 2. The Morgan fingerprint density at radius 2 is 1.80 bits per heavy atom. The van der Waals surface area contributed by atoms with Gasteiger partial charge in [-0.25, -0.2) is 8.42 Å². The molecule has 0 radical (unpaired) electrons. The van der Waals surface area contributed by atoms with Gasteiger partial charge in [0.05, 0.1) is 18.1 Å². The molecule has 8 heteroatoms. The van der Waals surface area contributed by atoms with Crippen molar-refractivity contribution in [2.75, 3.05) is 20.2 Å². The van der Waals surface area contributed by atoms with Crippen molar-refractivity contribution in [3.63, 3.8) is 0 Å². The van der Waals surface area contributed by atoms with E-state index in [1.807, 2.05) is 32.2 Å². The van der Waals surface area contributed by atoms with E-state index in [0.717, 1.165) is 23.9 Å². The molecule has 1 aliphatic rings. The highest BCUT2D eigenvalue weighted by molar-refractivity contribution is 7.89. The highest BCUT2D eigenvalue weighted by Crippen LogP contribution is 2.35. The van der Waals surface area contributed by atoms with Gasteiger partial charge in [0.25, 0.3) is 0 Å². The number of H-pyrrole nitrogens is 1. The summed E-state index contributed by atoms with van der Waals surface area (Å²) in [5.41, 5.74) is 1.98. The van der Waals surface area contributed by atoms with Crippen molar-refractivity contribution in [2.45, 2.75) is 43.6 Å². The van der Waals surface area contributed by atoms with E-state index in [0.29, 0.717) is 35.5 Å². The summed E-state index contributed by atoms with van der Waals surface area (Å²) in [5, 5.41) is 1.07. The van der Waals surface area contributed by atoms with Crippen molar-refractivity contribution < 1.29 is 17.9 Å². The highest BCUT2D eigenvalue weighted by Gasteiger charge is 2.31. The van der Waals surface area contributed by atoms with Crippen molar-refractivity contribution in [1.82, 2.24) is 14.3 Å².